The maximum Gasteiger partial charge on any atom is 0.351 e. The Bertz CT molecular complexity index is 1420. The second kappa shape index (κ2) is 35.0. The molecule has 0 saturated heterocycles. The molecule has 0 aliphatic carbocycles. The first-order valence-corrected chi connectivity index (χ1v) is 23.3. The quantitative estimate of drug-likeness (QED) is 0.0265. The first-order chi connectivity index (χ1) is 30.4. The van der Waals surface area contributed by atoms with Crippen LogP contribution in [0.3, 0.4) is 0 Å². The van der Waals surface area contributed by atoms with Crippen molar-refractivity contribution in [1.29, 1.82) is 0 Å². The van der Waals surface area contributed by atoms with Crippen molar-refractivity contribution in [1.82, 2.24) is 4.90 Å². The van der Waals surface area contributed by atoms with E-state index in [1.807, 2.05) is 19.0 Å². The monoisotopic (exact) mass is 894 g/mol. The standard InChI is InChI=1S/C48H79NO14/c1-8-11-14-17-20-23-30-58-43(52)36-48(47(55)61-32-25-22-19-16-13-10-3,37-44(53)59-31-24-21-18-15-12-9-2)63-42(51)28-27-41(50)62-45-39(56-6)34-38(35-40(45)57-7)46(54)60-33-26-29-49(4)5/h34-35H,8-33,36-37H2,1-7H3. The second-order valence-electron chi connectivity index (χ2n) is 16.2. The molecule has 0 saturated carbocycles. The van der Waals surface area contributed by atoms with Gasteiger partial charge in [0.1, 0.15) is 0 Å². The Hall–Kier alpha value is -4.40. The van der Waals surface area contributed by atoms with Gasteiger partial charge < -0.3 is 42.8 Å². The van der Waals surface area contributed by atoms with Gasteiger partial charge >= 0.3 is 35.8 Å². The Balaban J connectivity index is 3.25. The van der Waals surface area contributed by atoms with Crippen LogP contribution in [0.5, 0.6) is 17.2 Å². The SMILES string of the molecule is CCCCCCCCOC(=O)CC(CC(=O)OCCCCCCCC)(OC(=O)CCC(=O)Oc1c(OC)cc(C(=O)OCCCN(C)C)cc1OC)C(=O)OCCCCCCCC. The summed E-state index contributed by atoms with van der Waals surface area (Å²) >= 11 is 0. The summed E-state index contributed by atoms with van der Waals surface area (Å²) < 4.78 is 44.1. The largest absolute Gasteiger partial charge is 0.493 e. The molecule has 360 valence electrons. The van der Waals surface area contributed by atoms with Crippen molar-refractivity contribution in [2.24, 2.45) is 0 Å². The molecule has 0 N–H and O–H groups in total. The molecule has 15 nitrogen and oxygen atoms in total. The minimum absolute atomic E-state index is 0.00316. The maximum atomic E-state index is 14.0. The zero-order chi connectivity index (χ0) is 46.7. The lowest BCUT2D eigenvalue weighted by atomic mass is 9.94. The third kappa shape index (κ3) is 25.5. The summed E-state index contributed by atoms with van der Waals surface area (Å²) in [6, 6.07) is 2.69. The molecule has 0 atom stereocenters. The van der Waals surface area contributed by atoms with Crippen LogP contribution in [0.4, 0.5) is 0 Å². The molecular weight excluding hydrogens is 815 g/mol. The Kier molecular flexibility index (Phi) is 31.5. The zero-order valence-electron chi connectivity index (χ0n) is 39.6. The highest BCUT2D eigenvalue weighted by molar-refractivity contribution is 5.93. The van der Waals surface area contributed by atoms with Crippen LogP contribution in [0, 0.1) is 0 Å². The van der Waals surface area contributed by atoms with E-state index in [1.165, 1.54) is 26.4 Å². The normalized spacial score (nSPS) is 11.2. The van der Waals surface area contributed by atoms with Gasteiger partial charge in [0.25, 0.3) is 0 Å². The summed E-state index contributed by atoms with van der Waals surface area (Å²) in [6.07, 6.45) is 14.8. The van der Waals surface area contributed by atoms with Gasteiger partial charge in [-0.1, -0.05) is 117 Å². The van der Waals surface area contributed by atoms with Gasteiger partial charge in [0.15, 0.2) is 11.5 Å². The number of methoxy groups -OCH3 is 2. The average Bonchev–Trinajstić information content (AvgIpc) is 3.25. The second-order valence-corrected chi connectivity index (χ2v) is 16.2. The van der Waals surface area contributed by atoms with Crippen LogP contribution in [0.2, 0.25) is 0 Å². The fourth-order valence-corrected chi connectivity index (χ4v) is 6.57. The number of carbonyl (C=O) groups excluding carboxylic acids is 6. The highest BCUT2D eigenvalue weighted by Gasteiger charge is 2.49. The van der Waals surface area contributed by atoms with Crippen molar-refractivity contribution in [3.63, 3.8) is 0 Å². The Morgan fingerprint density at radius 2 is 0.921 bits per heavy atom. The van der Waals surface area contributed by atoms with E-state index in [1.54, 1.807) is 0 Å². The van der Waals surface area contributed by atoms with Gasteiger partial charge in [-0.3, -0.25) is 19.2 Å². The number of hydrogen-bond acceptors (Lipinski definition) is 15. The average molecular weight is 894 g/mol. The minimum atomic E-state index is -2.41. The molecule has 1 rings (SSSR count). The molecule has 0 fully saturated rings. The predicted octanol–water partition coefficient (Wildman–Crippen LogP) is 9.27. The summed E-state index contributed by atoms with van der Waals surface area (Å²) in [5.74, 6) is -5.53. The highest BCUT2D eigenvalue weighted by atomic mass is 16.6. The van der Waals surface area contributed by atoms with E-state index in [4.69, 9.17) is 37.9 Å². The summed E-state index contributed by atoms with van der Waals surface area (Å²) in [6.45, 7) is 7.43. The van der Waals surface area contributed by atoms with Crippen LogP contribution in [0.1, 0.15) is 179 Å². The molecule has 15 heteroatoms. The van der Waals surface area contributed by atoms with Crippen LogP contribution in [-0.2, 0) is 47.7 Å². The molecular formula is C48H79NO14. The number of benzene rings is 1. The van der Waals surface area contributed by atoms with Gasteiger partial charge in [-0.25, -0.2) is 9.59 Å². The molecule has 63 heavy (non-hydrogen) atoms. The maximum absolute atomic E-state index is 14.0. The van der Waals surface area contributed by atoms with Crippen molar-refractivity contribution in [3.05, 3.63) is 17.7 Å². The van der Waals surface area contributed by atoms with Gasteiger partial charge in [0.2, 0.25) is 11.4 Å². The van der Waals surface area contributed by atoms with E-state index in [0.29, 0.717) is 25.7 Å². The molecule has 0 spiro atoms. The molecule has 0 aromatic heterocycles. The Labute approximate surface area is 376 Å². The predicted molar refractivity (Wildman–Crippen MR) is 239 cm³/mol. The number of carbonyl (C=O) groups is 6. The summed E-state index contributed by atoms with van der Waals surface area (Å²) in [5, 5.41) is 0. The number of esters is 6. The molecule has 0 amide bonds. The van der Waals surface area contributed by atoms with Gasteiger partial charge in [-0.15, -0.1) is 0 Å². The van der Waals surface area contributed by atoms with Crippen LogP contribution >= 0.6 is 0 Å². The fourth-order valence-electron chi connectivity index (χ4n) is 6.57. The smallest absolute Gasteiger partial charge is 0.351 e. The number of nitrogens with zero attached hydrogens (tertiary/aromatic N) is 1. The lowest BCUT2D eigenvalue weighted by molar-refractivity contribution is -0.191. The van der Waals surface area contributed by atoms with E-state index >= 15 is 0 Å². The van der Waals surface area contributed by atoms with Crippen molar-refractivity contribution < 1.29 is 66.7 Å². The molecule has 0 bridgehead atoms. The van der Waals surface area contributed by atoms with Gasteiger partial charge in [0, 0.05) is 6.54 Å². The summed E-state index contributed by atoms with van der Waals surface area (Å²) in [5.41, 5.74) is -2.31. The minimum Gasteiger partial charge on any atom is -0.493 e. The van der Waals surface area contributed by atoms with Crippen molar-refractivity contribution >= 4 is 35.8 Å². The molecule has 0 radical (unpaired) electrons. The van der Waals surface area contributed by atoms with Crippen LogP contribution < -0.4 is 14.2 Å². The zero-order valence-corrected chi connectivity index (χ0v) is 39.6. The van der Waals surface area contributed by atoms with Crippen LogP contribution in [0.15, 0.2) is 12.1 Å². The fraction of sp³-hybridized carbons (Fsp3) is 0.750. The van der Waals surface area contributed by atoms with Gasteiger partial charge in [-0.05, 0) is 51.9 Å². The van der Waals surface area contributed by atoms with Crippen LogP contribution in [0.25, 0.3) is 0 Å². The van der Waals surface area contributed by atoms with E-state index in [9.17, 15) is 28.8 Å². The highest BCUT2D eigenvalue weighted by Crippen LogP contribution is 2.39. The first kappa shape index (κ1) is 56.6. The molecule has 0 aliphatic rings. The lowest BCUT2D eigenvalue weighted by Crippen LogP contribution is -2.49. The summed E-state index contributed by atoms with van der Waals surface area (Å²) in [7, 11) is 6.46. The number of unbranched alkanes of at least 4 members (excludes halogenated alkanes) is 15. The molecule has 1 aromatic rings. The Morgan fingerprint density at radius 3 is 1.37 bits per heavy atom. The van der Waals surface area contributed by atoms with E-state index in [2.05, 4.69) is 20.8 Å². The lowest BCUT2D eigenvalue weighted by Gasteiger charge is -2.30. The van der Waals surface area contributed by atoms with Crippen molar-refractivity contribution in [3.8, 4) is 17.2 Å². The number of hydrogen-bond donors (Lipinski definition) is 0. The first-order valence-electron chi connectivity index (χ1n) is 23.3. The molecule has 0 heterocycles. The van der Waals surface area contributed by atoms with Crippen LogP contribution in [-0.4, -0.2) is 108 Å². The Morgan fingerprint density at radius 1 is 0.508 bits per heavy atom. The third-order valence-electron chi connectivity index (χ3n) is 10.2. The van der Waals surface area contributed by atoms with E-state index < -0.39 is 67.1 Å². The van der Waals surface area contributed by atoms with Gasteiger partial charge in [0.05, 0.1) is 71.9 Å². The number of ether oxygens (including phenoxy) is 8. The van der Waals surface area contributed by atoms with E-state index in [-0.39, 0.29) is 49.2 Å². The third-order valence-corrected chi connectivity index (χ3v) is 10.2. The summed E-state index contributed by atoms with van der Waals surface area (Å²) in [4.78, 5) is 82.3. The number of rotatable bonds is 38. The molecule has 0 aliphatic heterocycles. The molecule has 1 aromatic carbocycles. The molecule has 0 unspecified atom stereocenters. The topological polar surface area (TPSA) is 179 Å². The van der Waals surface area contributed by atoms with Gasteiger partial charge in [-0.2, -0.15) is 0 Å². The van der Waals surface area contributed by atoms with Crippen molar-refractivity contribution in [2.45, 2.75) is 174 Å². The van der Waals surface area contributed by atoms with Crippen molar-refractivity contribution in [2.75, 3.05) is 61.3 Å². The van der Waals surface area contributed by atoms with E-state index in [0.717, 1.165) is 103 Å².